The fourth-order valence-electron chi connectivity index (χ4n) is 1.26. The Kier molecular flexibility index (Phi) is 4.64. The van der Waals surface area contributed by atoms with Gasteiger partial charge in [0.05, 0.1) is 11.7 Å². The van der Waals surface area contributed by atoms with Gasteiger partial charge in [0.15, 0.2) is 6.29 Å². The van der Waals surface area contributed by atoms with Crippen molar-refractivity contribution in [1.29, 1.82) is 0 Å². The second kappa shape index (κ2) is 5.77. The van der Waals surface area contributed by atoms with E-state index in [4.69, 9.17) is 11.6 Å². The molecular formula is C10H14ClN3O2. The number of carbonyl (C=O) groups excluding carboxylic acids is 1. The zero-order valence-corrected chi connectivity index (χ0v) is 9.98. The van der Waals surface area contributed by atoms with Crippen LogP contribution in [0.25, 0.3) is 0 Å². The number of carbonyl (C=O) groups is 1. The topological polar surface area (TPSA) is 66.3 Å². The van der Waals surface area contributed by atoms with Crippen molar-refractivity contribution in [3.05, 3.63) is 17.0 Å². The Hall–Kier alpha value is -1.20. The van der Waals surface area contributed by atoms with Crippen LogP contribution in [0, 0.1) is 0 Å². The molecule has 0 aliphatic carbocycles. The standard InChI is InChI=1S/C10H14ClN3O2/c1-7(16)3-4-14(2)10-8(5-15)9(11)12-6-13-10/h5-7,16H,3-4H2,1-2H3. The molecule has 0 bridgehead atoms. The van der Waals surface area contributed by atoms with E-state index in [9.17, 15) is 9.90 Å². The number of halogens is 1. The molecule has 6 heteroatoms. The minimum atomic E-state index is -0.389. The minimum Gasteiger partial charge on any atom is -0.393 e. The van der Waals surface area contributed by atoms with Gasteiger partial charge in [-0.3, -0.25) is 4.79 Å². The molecule has 0 radical (unpaired) electrons. The SMILES string of the molecule is CC(O)CCN(C)c1ncnc(Cl)c1C=O. The van der Waals surface area contributed by atoms with E-state index in [1.54, 1.807) is 18.9 Å². The maximum atomic E-state index is 10.9. The molecule has 0 aromatic carbocycles. The first kappa shape index (κ1) is 12.9. The van der Waals surface area contributed by atoms with E-state index >= 15 is 0 Å². The van der Waals surface area contributed by atoms with E-state index in [1.807, 2.05) is 0 Å². The summed E-state index contributed by atoms with van der Waals surface area (Å²) >= 11 is 5.78. The third-order valence-electron chi connectivity index (χ3n) is 2.18. The molecule has 0 amide bonds. The number of anilines is 1. The molecule has 0 fully saturated rings. The van der Waals surface area contributed by atoms with Gasteiger partial charge in [0.2, 0.25) is 0 Å². The van der Waals surface area contributed by atoms with Crippen LogP contribution >= 0.6 is 11.6 Å². The summed E-state index contributed by atoms with van der Waals surface area (Å²) in [4.78, 5) is 20.4. The summed E-state index contributed by atoms with van der Waals surface area (Å²) in [6.07, 6.45) is 2.15. The zero-order valence-electron chi connectivity index (χ0n) is 9.22. The minimum absolute atomic E-state index is 0.142. The van der Waals surface area contributed by atoms with Gasteiger partial charge in [0.25, 0.3) is 0 Å². The lowest BCUT2D eigenvalue weighted by atomic mass is 10.2. The molecule has 1 rings (SSSR count). The van der Waals surface area contributed by atoms with Crippen LogP contribution in [0.2, 0.25) is 5.15 Å². The molecule has 1 unspecified atom stereocenters. The predicted octanol–water partition coefficient (Wildman–Crippen LogP) is 1.15. The molecule has 88 valence electrons. The first-order valence-electron chi connectivity index (χ1n) is 4.91. The molecule has 0 aliphatic rings. The number of hydrogen-bond donors (Lipinski definition) is 1. The van der Waals surface area contributed by atoms with Crippen LogP contribution < -0.4 is 4.90 Å². The smallest absolute Gasteiger partial charge is 0.156 e. The summed E-state index contributed by atoms with van der Waals surface area (Å²) in [6, 6.07) is 0. The number of aromatic nitrogens is 2. The van der Waals surface area contributed by atoms with Gasteiger partial charge >= 0.3 is 0 Å². The second-order valence-corrected chi connectivity index (χ2v) is 3.94. The van der Waals surface area contributed by atoms with E-state index in [0.717, 1.165) is 0 Å². The molecule has 0 saturated heterocycles. The monoisotopic (exact) mass is 243 g/mol. The van der Waals surface area contributed by atoms with Crippen LogP contribution in [-0.2, 0) is 0 Å². The third-order valence-corrected chi connectivity index (χ3v) is 2.48. The van der Waals surface area contributed by atoms with Crippen LogP contribution in [0.5, 0.6) is 0 Å². The van der Waals surface area contributed by atoms with Crippen molar-refractivity contribution in [2.75, 3.05) is 18.5 Å². The zero-order chi connectivity index (χ0) is 12.1. The van der Waals surface area contributed by atoms with Crippen molar-refractivity contribution in [3.63, 3.8) is 0 Å². The highest BCUT2D eigenvalue weighted by Gasteiger charge is 2.13. The van der Waals surface area contributed by atoms with Crippen LogP contribution in [-0.4, -0.2) is 41.1 Å². The highest BCUT2D eigenvalue weighted by Crippen LogP contribution is 2.20. The highest BCUT2D eigenvalue weighted by atomic mass is 35.5. The maximum Gasteiger partial charge on any atom is 0.156 e. The molecule has 1 aromatic heterocycles. The van der Waals surface area contributed by atoms with Gasteiger partial charge in [-0.2, -0.15) is 0 Å². The number of hydrogen-bond acceptors (Lipinski definition) is 5. The van der Waals surface area contributed by atoms with Gasteiger partial charge < -0.3 is 10.0 Å². The van der Waals surface area contributed by atoms with Crippen molar-refractivity contribution in [2.45, 2.75) is 19.4 Å². The van der Waals surface area contributed by atoms with Crippen LogP contribution in [0.1, 0.15) is 23.7 Å². The number of aliphatic hydroxyl groups excluding tert-OH is 1. The number of nitrogens with zero attached hydrogens (tertiary/aromatic N) is 3. The van der Waals surface area contributed by atoms with Crippen molar-refractivity contribution >= 4 is 23.7 Å². The quantitative estimate of drug-likeness (QED) is 0.621. The number of aliphatic hydroxyl groups is 1. The molecule has 16 heavy (non-hydrogen) atoms. The Morgan fingerprint density at radius 2 is 2.31 bits per heavy atom. The van der Waals surface area contributed by atoms with E-state index < -0.39 is 0 Å². The summed E-state index contributed by atoms with van der Waals surface area (Å²) in [6.45, 7) is 2.30. The molecule has 0 spiro atoms. The van der Waals surface area contributed by atoms with E-state index in [2.05, 4.69) is 9.97 Å². The first-order valence-corrected chi connectivity index (χ1v) is 5.29. The molecule has 1 aromatic rings. The van der Waals surface area contributed by atoms with Crippen molar-refractivity contribution in [2.24, 2.45) is 0 Å². The Bertz CT molecular complexity index is 371. The third kappa shape index (κ3) is 3.15. The Morgan fingerprint density at radius 3 is 2.88 bits per heavy atom. The van der Waals surface area contributed by atoms with E-state index in [0.29, 0.717) is 25.1 Å². The molecule has 1 atom stereocenters. The van der Waals surface area contributed by atoms with Gasteiger partial charge in [0.1, 0.15) is 17.3 Å². The molecule has 5 nitrogen and oxygen atoms in total. The lowest BCUT2D eigenvalue weighted by Crippen LogP contribution is -2.24. The highest BCUT2D eigenvalue weighted by molar-refractivity contribution is 6.32. The largest absolute Gasteiger partial charge is 0.393 e. The second-order valence-electron chi connectivity index (χ2n) is 3.58. The summed E-state index contributed by atoms with van der Waals surface area (Å²) in [5.74, 6) is 0.482. The van der Waals surface area contributed by atoms with Crippen molar-refractivity contribution < 1.29 is 9.90 Å². The van der Waals surface area contributed by atoms with E-state index in [1.165, 1.54) is 6.33 Å². The summed E-state index contributed by atoms with van der Waals surface area (Å²) in [7, 11) is 1.79. The fourth-order valence-corrected chi connectivity index (χ4v) is 1.43. The average Bonchev–Trinajstić information content (AvgIpc) is 2.25. The van der Waals surface area contributed by atoms with Gasteiger partial charge in [-0.05, 0) is 13.3 Å². The molecule has 0 aliphatic heterocycles. The van der Waals surface area contributed by atoms with Crippen LogP contribution in [0.3, 0.4) is 0 Å². The molecule has 1 heterocycles. The summed E-state index contributed by atoms with van der Waals surface area (Å²) in [5, 5.41) is 9.32. The Labute approximate surface area is 99.1 Å². The first-order chi connectivity index (χ1) is 7.56. The molecular weight excluding hydrogens is 230 g/mol. The van der Waals surface area contributed by atoms with Crippen LogP contribution in [0.4, 0.5) is 5.82 Å². The number of aldehydes is 1. The lowest BCUT2D eigenvalue weighted by Gasteiger charge is -2.20. The molecule has 0 saturated carbocycles. The summed E-state index contributed by atoms with van der Waals surface area (Å²) in [5.41, 5.74) is 0.275. The van der Waals surface area contributed by atoms with Crippen LogP contribution in [0.15, 0.2) is 6.33 Å². The predicted molar refractivity (Wildman–Crippen MR) is 62.0 cm³/mol. The number of rotatable bonds is 5. The average molecular weight is 244 g/mol. The van der Waals surface area contributed by atoms with Gasteiger partial charge in [-0.1, -0.05) is 11.6 Å². The Balaban J connectivity index is 2.86. The fraction of sp³-hybridized carbons (Fsp3) is 0.500. The van der Waals surface area contributed by atoms with Gasteiger partial charge in [-0.15, -0.1) is 0 Å². The van der Waals surface area contributed by atoms with Gasteiger partial charge in [-0.25, -0.2) is 9.97 Å². The van der Waals surface area contributed by atoms with Gasteiger partial charge in [0, 0.05) is 13.6 Å². The normalized spacial score (nSPS) is 12.2. The Morgan fingerprint density at radius 1 is 1.62 bits per heavy atom. The molecule has 1 N–H and O–H groups in total. The van der Waals surface area contributed by atoms with Crippen molar-refractivity contribution in [3.8, 4) is 0 Å². The van der Waals surface area contributed by atoms with E-state index in [-0.39, 0.29) is 16.8 Å². The van der Waals surface area contributed by atoms with Crippen molar-refractivity contribution in [1.82, 2.24) is 9.97 Å². The lowest BCUT2D eigenvalue weighted by molar-refractivity contribution is 0.112. The summed E-state index contributed by atoms with van der Waals surface area (Å²) < 4.78 is 0. The maximum absolute atomic E-state index is 10.9.